The first kappa shape index (κ1) is 15.7. The number of carboxylic acids is 1. The zero-order valence-corrected chi connectivity index (χ0v) is 14.0. The van der Waals surface area contributed by atoms with Gasteiger partial charge in [-0.25, -0.2) is 4.79 Å². The smallest absolute Gasteiger partial charge is 0.338 e. The average molecular weight is 368 g/mol. The number of thiophene rings is 1. The lowest BCUT2D eigenvalue weighted by molar-refractivity contribution is 0.0698. The van der Waals surface area contributed by atoms with Crippen molar-refractivity contribution in [1.29, 1.82) is 0 Å². The summed E-state index contributed by atoms with van der Waals surface area (Å²) in [5, 5.41) is 12.3. The summed E-state index contributed by atoms with van der Waals surface area (Å²) in [5.41, 5.74) is 1.58. The molecule has 110 valence electrons. The standard InChI is InChI=1S/C15H14BrNO3S/c1-3-9-7-11(15(19)20)14(21-9)17-13(18)10-6-8(2)4-5-12(10)16/h4-7H,3H2,1-2H3,(H,17,18)(H,19,20). The lowest BCUT2D eigenvalue weighted by Gasteiger charge is -2.07. The van der Waals surface area contributed by atoms with Gasteiger partial charge in [0, 0.05) is 9.35 Å². The highest BCUT2D eigenvalue weighted by Gasteiger charge is 2.18. The number of aryl methyl sites for hydroxylation is 2. The monoisotopic (exact) mass is 367 g/mol. The molecule has 0 saturated heterocycles. The van der Waals surface area contributed by atoms with Gasteiger partial charge in [0.1, 0.15) is 5.00 Å². The zero-order valence-electron chi connectivity index (χ0n) is 11.6. The van der Waals surface area contributed by atoms with Gasteiger partial charge in [-0.2, -0.15) is 0 Å². The van der Waals surface area contributed by atoms with E-state index in [0.29, 0.717) is 15.0 Å². The van der Waals surface area contributed by atoms with Crippen molar-refractivity contribution in [2.75, 3.05) is 5.32 Å². The molecule has 0 spiro atoms. The van der Waals surface area contributed by atoms with E-state index in [4.69, 9.17) is 0 Å². The zero-order chi connectivity index (χ0) is 15.6. The molecule has 0 unspecified atom stereocenters. The highest BCUT2D eigenvalue weighted by atomic mass is 79.9. The van der Waals surface area contributed by atoms with Crippen molar-refractivity contribution in [1.82, 2.24) is 0 Å². The number of benzene rings is 1. The van der Waals surface area contributed by atoms with Crippen molar-refractivity contribution in [3.8, 4) is 0 Å². The second-order valence-electron chi connectivity index (χ2n) is 4.55. The van der Waals surface area contributed by atoms with Crippen LogP contribution >= 0.6 is 27.3 Å². The molecule has 2 aromatic rings. The number of carbonyl (C=O) groups is 2. The fourth-order valence-electron chi connectivity index (χ4n) is 1.85. The summed E-state index contributed by atoms with van der Waals surface area (Å²) >= 11 is 4.63. The van der Waals surface area contributed by atoms with Gasteiger partial charge < -0.3 is 10.4 Å². The molecule has 21 heavy (non-hydrogen) atoms. The summed E-state index contributed by atoms with van der Waals surface area (Å²) < 4.78 is 0.676. The van der Waals surface area contributed by atoms with Crippen molar-refractivity contribution in [3.63, 3.8) is 0 Å². The first-order chi connectivity index (χ1) is 9.92. The van der Waals surface area contributed by atoms with Crippen molar-refractivity contribution in [2.45, 2.75) is 20.3 Å². The molecule has 0 fully saturated rings. The van der Waals surface area contributed by atoms with Crippen LogP contribution in [0.2, 0.25) is 0 Å². The van der Waals surface area contributed by atoms with Gasteiger partial charge >= 0.3 is 5.97 Å². The molecule has 1 aromatic carbocycles. The molecule has 1 aromatic heterocycles. The minimum Gasteiger partial charge on any atom is -0.478 e. The molecule has 4 nitrogen and oxygen atoms in total. The van der Waals surface area contributed by atoms with Gasteiger partial charge in [0.05, 0.1) is 11.1 Å². The normalized spacial score (nSPS) is 10.4. The van der Waals surface area contributed by atoms with Gasteiger partial charge in [0.15, 0.2) is 0 Å². The number of nitrogens with one attached hydrogen (secondary N) is 1. The van der Waals surface area contributed by atoms with Crippen LogP contribution in [0, 0.1) is 6.92 Å². The Morgan fingerprint density at radius 3 is 2.62 bits per heavy atom. The second kappa shape index (κ2) is 6.41. The van der Waals surface area contributed by atoms with Crippen LogP contribution in [0.4, 0.5) is 5.00 Å². The number of amides is 1. The topological polar surface area (TPSA) is 66.4 Å². The molecule has 0 bridgehead atoms. The van der Waals surface area contributed by atoms with Gasteiger partial charge in [0.2, 0.25) is 0 Å². The Bertz CT molecular complexity index is 709. The Labute approximate surface area is 134 Å². The van der Waals surface area contributed by atoms with Gasteiger partial charge in [-0.15, -0.1) is 11.3 Å². The van der Waals surface area contributed by atoms with Crippen molar-refractivity contribution in [2.24, 2.45) is 0 Å². The maximum atomic E-state index is 12.3. The van der Waals surface area contributed by atoms with Crippen LogP contribution in [-0.2, 0) is 6.42 Å². The van der Waals surface area contributed by atoms with E-state index in [1.165, 1.54) is 11.3 Å². The largest absolute Gasteiger partial charge is 0.478 e. The maximum Gasteiger partial charge on any atom is 0.338 e. The molecule has 6 heteroatoms. The highest BCUT2D eigenvalue weighted by Crippen LogP contribution is 2.30. The van der Waals surface area contributed by atoms with Crippen LogP contribution in [0.15, 0.2) is 28.7 Å². The number of carbonyl (C=O) groups excluding carboxylic acids is 1. The van der Waals surface area contributed by atoms with E-state index in [2.05, 4.69) is 21.2 Å². The molecular formula is C15H14BrNO3S. The Balaban J connectivity index is 2.33. The van der Waals surface area contributed by atoms with Gasteiger partial charge in [-0.05, 0) is 47.5 Å². The fourth-order valence-corrected chi connectivity index (χ4v) is 3.26. The minimum atomic E-state index is -1.04. The summed E-state index contributed by atoms with van der Waals surface area (Å²) in [4.78, 5) is 24.5. The van der Waals surface area contributed by atoms with Crippen LogP contribution in [0.5, 0.6) is 0 Å². The van der Waals surface area contributed by atoms with E-state index in [1.807, 2.05) is 19.9 Å². The first-order valence-electron chi connectivity index (χ1n) is 6.36. The third-order valence-electron chi connectivity index (χ3n) is 2.96. The number of anilines is 1. The molecule has 2 N–H and O–H groups in total. The van der Waals surface area contributed by atoms with Gasteiger partial charge in [-0.1, -0.05) is 18.6 Å². The molecule has 0 saturated carbocycles. The minimum absolute atomic E-state index is 0.133. The second-order valence-corrected chi connectivity index (χ2v) is 6.54. The van der Waals surface area contributed by atoms with Gasteiger partial charge in [0.25, 0.3) is 5.91 Å². The van der Waals surface area contributed by atoms with Crippen molar-refractivity contribution >= 4 is 44.1 Å². The number of hydrogen-bond donors (Lipinski definition) is 2. The predicted molar refractivity (Wildman–Crippen MR) is 87.5 cm³/mol. The van der Waals surface area contributed by atoms with Crippen molar-refractivity contribution in [3.05, 3.63) is 50.3 Å². The number of aromatic carboxylic acids is 1. The number of halogens is 1. The van der Waals surface area contributed by atoms with Crippen LogP contribution in [0.1, 0.15) is 38.1 Å². The SMILES string of the molecule is CCc1cc(C(=O)O)c(NC(=O)c2cc(C)ccc2Br)s1. The fraction of sp³-hybridized carbons (Fsp3) is 0.200. The lowest BCUT2D eigenvalue weighted by atomic mass is 10.1. The third-order valence-corrected chi connectivity index (χ3v) is 4.84. The van der Waals surface area contributed by atoms with E-state index in [1.54, 1.807) is 18.2 Å². The van der Waals surface area contributed by atoms with Crippen molar-refractivity contribution < 1.29 is 14.7 Å². The molecule has 1 heterocycles. The first-order valence-corrected chi connectivity index (χ1v) is 7.96. The maximum absolute atomic E-state index is 12.3. The Kier molecular flexibility index (Phi) is 4.80. The average Bonchev–Trinajstić information content (AvgIpc) is 2.84. The molecule has 2 rings (SSSR count). The Hall–Kier alpha value is -1.66. The van der Waals surface area contributed by atoms with Crippen LogP contribution < -0.4 is 5.32 Å². The van der Waals surface area contributed by atoms with E-state index >= 15 is 0 Å². The molecule has 0 aliphatic carbocycles. The van der Waals surface area contributed by atoms with E-state index < -0.39 is 5.97 Å². The molecule has 1 amide bonds. The molecule has 0 atom stereocenters. The number of hydrogen-bond acceptors (Lipinski definition) is 3. The van der Waals surface area contributed by atoms with E-state index in [0.717, 1.165) is 16.9 Å². The number of rotatable bonds is 4. The highest BCUT2D eigenvalue weighted by molar-refractivity contribution is 9.10. The summed E-state index contributed by atoms with van der Waals surface area (Å²) in [6.07, 6.45) is 0.731. The molecular weight excluding hydrogens is 354 g/mol. The summed E-state index contributed by atoms with van der Waals surface area (Å²) in [7, 11) is 0. The van der Waals surface area contributed by atoms with Crippen LogP contribution in [0.25, 0.3) is 0 Å². The summed E-state index contributed by atoms with van der Waals surface area (Å²) in [6.45, 7) is 3.84. The van der Waals surface area contributed by atoms with Crippen LogP contribution in [0.3, 0.4) is 0 Å². The van der Waals surface area contributed by atoms with E-state index in [9.17, 15) is 14.7 Å². The molecule has 0 aliphatic rings. The summed E-state index contributed by atoms with van der Waals surface area (Å²) in [5.74, 6) is -1.36. The van der Waals surface area contributed by atoms with E-state index in [-0.39, 0.29) is 11.5 Å². The van der Waals surface area contributed by atoms with Gasteiger partial charge in [-0.3, -0.25) is 4.79 Å². The summed E-state index contributed by atoms with van der Waals surface area (Å²) in [6, 6.07) is 7.06. The van der Waals surface area contributed by atoms with Crippen LogP contribution in [-0.4, -0.2) is 17.0 Å². The number of carboxylic acid groups (broad SMARTS) is 1. The Morgan fingerprint density at radius 1 is 1.29 bits per heavy atom. The third kappa shape index (κ3) is 3.51. The predicted octanol–water partition coefficient (Wildman–Crippen LogP) is 4.33. The quantitative estimate of drug-likeness (QED) is 0.844. The Morgan fingerprint density at radius 2 is 2.00 bits per heavy atom. The lowest BCUT2D eigenvalue weighted by Crippen LogP contribution is -2.14. The molecule has 0 aliphatic heterocycles. The molecule has 0 radical (unpaired) electrons.